The van der Waals surface area contributed by atoms with Crippen molar-refractivity contribution in [3.05, 3.63) is 29.8 Å². The van der Waals surface area contributed by atoms with Crippen LogP contribution in [0.1, 0.15) is 57.4 Å². The molecule has 0 bridgehead atoms. The first kappa shape index (κ1) is 16.9. The molecule has 22 heavy (non-hydrogen) atoms. The molecule has 122 valence electrons. The summed E-state index contributed by atoms with van der Waals surface area (Å²) in [7, 11) is 1.66. The van der Waals surface area contributed by atoms with Gasteiger partial charge in [0.15, 0.2) is 0 Å². The van der Waals surface area contributed by atoms with Crippen LogP contribution in [0.2, 0.25) is 0 Å². The monoisotopic (exact) mass is 303 g/mol. The molecule has 1 aromatic rings. The summed E-state index contributed by atoms with van der Waals surface area (Å²) in [6, 6.07) is 7.86. The van der Waals surface area contributed by atoms with Crippen LogP contribution in [0.3, 0.4) is 0 Å². The first-order valence-corrected chi connectivity index (χ1v) is 8.63. The van der Waals surface area contributed by atoms with Gasteiger partial charge in [0.05, 0.1) is 7.11 Å². The van der Waals surface area contributed by atoms with Gasteiger partial charge in [0.25, 0.3) is 0 Å². The van der Waals surface area contributed by atoms with Crippen LogP contribution in [-0.4, -0.2) is 13.0 Å². The first-order chi connectivity index (χ1) is 10.7. The zero-order valence-electron chi connectivity index (χ0n) is 13.9. The van der Waals surface area contributed by atoms with Crippen LogP contribution in [0.5, 0.6) is 5.75 Å². The van der Waals surface area contributed by atoms with Gasteiger partial charge < -0.3 is 10.1 Å². The molecule has 1 aliphatic carbocycles. The smallest absolute Gasteiger partial charge is 0.223 e. The molecule has 0 atom stereocenters. The van der Waals surface area contributed by atoms with E-state index in [-0.39, 0.29) is 11.8 Å². The van der Waals surface area contributed by atoms with E-state index in [2.05, 4.69) is 12.2 Å². The lowest BCUT2D eigenvalue weighted by atomic mass is 9.79. The van der Waals surface area contributed by atoms with Crippen molar-refractivity contribution in [1.82, 2.24) is 5.32 Å². The van der Waals surface area contributed by atoms with E-state index in [1.807, 2.05) is 24.3 Å². The van der Waals surface area contributed by atoms with Gasteiger partial charge >= 0.3 is 0 Å². The molecule has 0 spiro atoms. The van der Waals surface area contributed by atoms with E-state index in [0.717, 1.165) is 30.1 Å². The Balaban J connectivity index is 1.71. The Hall–Kier alpha value is -1.51. The maximum absolute atomic E-state index is 12.3. The summed E-state index contributed by atoms with van der Waals surface area (Å²) in [4.78, 5) is 12.3. The highest BCUT2D eigenvalue weighted by atomic mass is 16.5. The zero-order valence-corrected chi connectivity index (χ0v) is 13.9. The molecule has 0 unspecified atom stereocenters. The van der Waals surface area contributed by atoms with Crippen LogP contribution in [0.4, 0.5) is 0 Å². The highest BCUT2D eigenvalue weighted by Crippen LogP contribution is 2.32. The maximum Gasteiger partial charge on any atom is 0.223 e. The Bertz CT molecular complexity index is 447. The van der Waals surface area contributed by atoms with Crippen LogP contribution < -0.4 is 10.1 Å². The van der Waals surface area contributed by atoms with Gasteiger partial charge in [0, 0.05) is 12.5 Å². The third-order valence-electron chi connectivity index (χ3n) is 4.81. The molecular formula is C19H29NO2. The van der Waals surface area contributed by atoms with Gasteiger partial charge in [-0.15, -0.1) is 0 Å². The molecular weight excluding hydrogens is 274 g/mol. The number of benzene rings is 1. The van der Waals surface area contributed by atoms with E-state index in [1.54, 1.807) is 7.11 Å². The number of hydrogen-bond acceptors (Lipinski definition) is 2. The van der Waals surface area contributed by atoms with Crippen molar-refractivity contribution in [2.45, 2.75) is 58.4 Å². The van der Waals surface area contributed by atoms with Gasteiger partial charge in [-0.3, -0.25) is 4.79 Å². The van der Waals surface area contributed by atoms with Crippen LogP contribution in [0.25, 0.3) is 0 Å². The van der Waals surface area contributed by atoms with Crippen molar-refractivity contribution in [3.63, 3.8) is 0 Å². The number of hydrogen-bond donors (Lipinski definition) is 1. The van der Waals surface area contributed by atoms with Crippen molar-refractivity contribution in [2.75, 3.05) is 7.11 Å². The summed E-state index contributed by atoms with van der Waals surface area (Å²) in [5.74, 6) is 2.15. The zero-order chi connectivity index (χ0) is 15.8. The van der Waals surface area contributed by atoms with Crippen molar-refractivity contribution < 1.29 is 9.53 Å². The normalized spacial score (nSPS) is 21.4. The minimum absolute atomic E-state index is 0.219. The molecule has 1 amide bonds. The molecule has 1 fully saturated rings. The Kier molecular flexibility index (Phi) is 6.75. The topological polar surface area (TPSA) is 38.3 Å². The second-order valence-corrected chi connectivity index (χ2v) is 6.43. The third-order valence-corrected chi connectivity index (χ3v) is 4.81. The van der Waals surface area contributed by atoms with Crippen molar-refractivity contribution in [1.29, 1.82) is 0 Å². The molecule has 3 heteroatoms. The Labute approximate surface area is 134 Å². The molecule has 0 aliphatic heterocycles. The van der Waals surface area contributed by atoms with E-state index in [1.165, 1.54) is 32.1 Å². The number of carbonyl (C=O) groups excluding carboxylic acids is 1. The lowest BCUT2D eigenvalue weighted by molar-refractivity contribution is -0.126. The third kappa shape index (κ3) is 5.04. The van der Waals surface area contributed by atoms with Crippen LogP contribution >= 0.6 is 0 Å². The molecule has 1 N–H and O–H groups in total. The van der Waals surface area contributed by atoms with Crippen molar-refractivity contribution in [2.24, 2.45) is 11.8 Å². The van der Waals surface area contributed by atoms with Gasteiger partial charge in [0.2, 0.25) is 5.91 Å². The maximum atomic E-state index is 12.3. The van der Waals surface area contributed by atoms with Crippen LogP contribution in [0, 0.1) is 11.8 Å². The highest BCUT2D eigenvalue weighted by Gasteiger charge is 2.25. The minimum Gasteiger partial charge on any atom is -0.497 e. The SMILES string of the molecule is CCCCC1CCC(C(=O)NCc2ccc(OC)cc2)CC1. The summed E-state index contributed by atoms with van der Waals surface area (Å²) in [5, 5.41) is 3.08. The van der Waals surface area contributed by atoms with Crippen molar-refractivity contribution in [3.8, 4) is 5.75 Å². The first-order valence-electron chi connectivity index (χ1n) is 8.63. The Morgan fingerprint density at radius 3 is 2.45 bits per heavy atom. The predicted octanol–water partition coefficient (Wildman–Crippen LogP) is 4.31. The van der Waals surface area contributed by atoms with Crippen molar-refractivity contribution >= 4 is 5.91 Å². The predicted molar refractivity (Wildman–Crippen MR) is 89.8 cm³/mol. The van der Waals surface area contributed by atoms with Gasteiger partial charge in [-0.1, -0.05) is 38.3 Å². The molecule has 3 nitrogen and oxygen atoms in total. The fourth-order valence-electron chi connectivity index (χ4n) is 3.28. The highest BCUT2D eigenvalue weighted by molar-refractivity contribution is 5.78. The van der Waals surface area contributed by atoms with Gasteiger partial charge in [-0.2, -0.15) is 0 Å². The van der Waals surface area contributed by atoms with E-state index in [4.69, 9.17) is 4.74 Å². The van der Waals surface area contributed by atoms with E-state index < -0.39 is 0 Å². The largest absolute Gasteiger partial charge is 0.497 e. The summed E-state index contributed by atoms with van der Waals surface area (Å²) in [5.41, 5.74) is 1.12. The standard InChI is InChI=1S/C19H29NO2/c1-3-4-5-15-6-10-17(11-7-15)19(21)20-14-16-8-12-18(22-2)13-9-16/h8-9,12-13,15,17H,3-7,10-11,14H2,1-2H3,(H,20,21). The number of unbranched alkanes of at least 4 members (excludes halogenated alkanes) is 1. The van der Waals surface area contributed by atoms with Gasteiger partial charge in [0.1, 0.15) is 5.75 Å². The number of methoxy groups -OCH3 is 1. The fourth-order valence-corrected chi connectivity index (χ4v) is 3.28. The van der Waals surface area contributed by atoms with E-state index >= 15 is 0 Å². The molecule has 1 aromatic carbocycles. The number of nitrogens with one attached hydrogen (secondary N) is 1. The van der Waals surface area contributed by atoms with Gasteiger partial charge in [-0.25, -0.2) is 0 Å². The Morgan fingerprint density at radius 1 is 1.18 bits per heavy atom. The molecule has 0 heterocycles. The van der Waals surface area contributed by atoms with Gasteiger partial charge in [-0.05, 0) is 49.3 Å². The number of ether oxygens (including phenoxy) is 1. The molecule has 0 radical (unpaired) electrons. The van der Waals surface area contributed by atoms with E-state index in [9.17, 15) is 4.79 Å². The minimum atomic E-state index is 0.219. The molecule has 2 rings (SSSR count). The van der Waals surface area contributed by atoms with Crippen LogP contribution in [-0.2, 0) is 11.3 Å². The number of amides is 1. The van der Waals surface area contributed by atoms with Crippen LogP contribution in [0.15, 0.2) is 24.3 Å². The second-order valence-electron chi connectivity index (χ2n) is 6.43. The summed E-state index contributed by atoms with van der Waals surface area (Å²) in [6.45, 7) is 2.86. The average Bonchev–Trinajstić information content (AvgIpc) is 2.58. The quantitative estimate of drug-likeness (QED) is 0.815. The summed E-state index contributed by atoms with van der Waals surface area (Å²) < 4.78 is 5.14. The summed E-state index contributed by atoms with van der Waals surface area (Å²) >= 11 is 0. The molecule has 0 aromatic heterocycles. The average molecular weight is 303 g/mol. The number of carbonyl (C=O) groups is 1. The lowest BCUT2D eigenvalue weighted by Crippen LogP contribution is -2.32. The molecule has 1 saturated carbocycles. The second kappa shape index (κ2) is 8.82. The number of rotatable bonds is 7. The Morgan fingerprint density at radius 2 is 1.86 bits per heavy atom. The molecule has 1 aliphatic rings. The lowest BCUT2D eigenvalue weighted by Gasteiger charge is -2.27. The fraction of sp³-hybridized carbons (Fsp3) is 0.632. The summed E-state index contributed by atoms with van der Waals surface area (Å²) in [6.07, 6.45) is 8.52. The molecule has 0 saturated heterocycles. The van der Waals surface area contributed by atoms with E-state index in [0.29, 0.717) is 6.54 Å².